The summed E-state index contributed by atoms with van der Waals surface area (Å²) in [5, 5.41) is 3.09. The van der Waals surface area contributed by atoms with Crippen LogP contribution in [-0.2, 0) is 4.74 Å². The molecule has 1 amide bonds. The van der Waals surface area contributed by atoms with Crippen molar-refractivity contribution in [1.82, 2.24) is 10.2 Å². The third kappa shape index (κ3) is 3.81. The molecule has 1 N–H and O–H groups in total. The van der Waals surface area contributed by atoms with Crippen molar-refractivity contribution in [2.45, 2.75) is 45.4 Å². The summed E-state index contributed by atoms with van der Waals surface area (Å²) < 4.78 is 19.2. The van der Waals surface area contributed by atoms with Crippen molar-refractivity contribution in [2.75, 3.05) is 26.2 Å². The zero-order valence-corrected chi connectivity index (χ0v) is 12.1. The number of likely N-dealkylation sites (tertiary alicyclic amines) is 1. The third-order valence-electron chi connectivity index (χ3n) is 3.90. The lowest BCUT2D eigenvalue weighted by molar-refractivity contribution is 0.0111. The maximum atomic E-state index is 13.8. The van der Waals surface area contributed by atoms with E-state index in [1.54, 1.807) is 4.90 Å². The van der Waals surface area contributed by atoms with Gasteiger partial charge in [0.25, 0.3) is 0 Å². The summed E-state index contributed by atoms with van der Waals surface area (Å²) >= 11 is 0. The van der Waals surface area contributed by atoms with Gasteiger partial charge in [0, 0.05) is 32.1 Å². The van der Waals surface area contributed by atoms with E-state index in [2.05, 4.69) is 5.32 Å². The fraction of sp³-hybridized carbons (Fsp3) is 0.929. The topological polar surface area (TPSA) is 41.6 Å². The predicted molar refractivity (Wildman–Crippen MR) is 71.8 cm³/mol. The summed E-state index contributed by atoms with van der Waals surface area (Å²) in [4.78, 5) is 13.8. The Hall–Kier alpha value is -0.840. The molecule has 3 atom stereocenters. The molecule has 0 aromatic carbocycles. The Kier molecular flexibility index (Phi) is 4.33. The first-order valence-corrected chi connectivity index (χ1v) is 7.19. The molecule has 0 aromatic rings. The average Bonchev–Trinajstić information content (AvgIpc) is 2.73. The van der Waals surface area contributed by atoms with E-state index in [0.29, 0.717) is 13.1 Å². The monoisotopic (exact) mass is 272 g/mol. The molecule has 5 heteroatoms. The molecular weight excluding hydrogens is 247 g/mol. The Bertz CT molecular complexity index is 330. The van der Waals surface area contributed by atoms with E-state index in [1.807, 2.05) is 20.8 Å². The number of alkyl halides is 1. The van der Waals surface area contributed by atoms with Crippen LogP contribution < -0.4 is 5.32 Å². The summed E-state index contributed by atoms with van der Waals surface area (Å²) in [6.07, 6.45) is 0.904. The molecule has 2 rings (SSSR count). The van der Waals surface area contributed by atoms with Crippen LogP contribution in [0.4, 0.5) is 9.18 Å². The molecule has 0 aliphatic carbocycles. The zero-order valence-electron chi connectivity index (χ0n) is 12.1. The second kappa shape index (κ2) is 5.65. The molecule has 2 fully saturated rings. The molecular formula is C14H25FN2O2. The van der Waals surface area contributed by atoms with Gasteiger partial charge in [-0.3, -0.25) is 0 Å². The van der Waals surface area contributed by atoms with Gasteiger partial charge >= 0.3 is 6.09 Å². The first-order chi connectivity index (χ1) is 8.87. The number of hydrogen-bond acceptors (Lipinski definition) is 3. The highest BCUT2D eigenvalue weighted by Crippen LogP contribution is 2.30. The molecule has 110 valence electrons. The Balaban J connectivity index is 1.91. The first kappa shape index (κ1) is 14.6. The van der Waals surface area contributed by atoms with Crippen LogP contribution in [0.3, 0.4) is 0 Å². The summed E-state index contributed by atoms with van der Waals surface area (Å²) in [7, 11) is 0. The van der Waals surface area contributed by atoms with Crippen molar-refractivity contribution in [3.05, 3.63) is 0 Å². The highest BCUT2D eigenvalue weighted by atomic mass is 19.1. The van der Waals surface area contributed by atoms with Gasteiger partial charge in [-0.2, -0.15) is 0 Å². The van der Waals surface area contributed by atoms with Gasteiger partial charge in [-0.15, -0.1) is 0 Å². The molecule has 2 heterocycles. The van der Waals surface area contributed by atoms with Crippen LogP contribution in [0.2, 0.25) is 0 Å². The Labute approximate surface area is 114 Å². The number of hydrogen-bond donors (Lipinski definition) is 1. The van der Waals surface area contributed by atoms with Crippen LogP contribution in [0.15, 0.2) is 0 Å². The fourth-order valence-electron chi connectivity index (χ4n) is 2.98. The largest absolute Gasteiger partial charge is 0.444 e. The van der Waals surface area contributed by atoms with Gasteiger partial charge in [0.15, 0.2) is 0 Å². The van der Waals surface area contributed by atoms with Crippen molar-refractivity contribution < 1.29 is 13.9 Å². The quantitative estimate of drug-likeness (QED) is 0.795. The number of piperidine rings is 1. The van der Waals surface area contributed by atoms with Crippen molar-refractivity contribution in [1.29, 1.82) is 0 Å². The van der Waals surface area contributed by atoms with Gasteiger partial charge < -0.3 is 15.0 Å². The molecule has 0 radical (unpaired) electrons. The van der Waals surface area contributed by atoms with E-state index in [0.717, 1.165) is 25.9 Å². The number of nitrogens with one attached hydrogen (secondary N) is 1. The zero-order chi connectivity index (χ0) is 14.0. The van der Waals surface area contributed by atoms with E-state index in [1.165, 1.54) is 0 Å². The number of nitrogens with zero attached hydrogens (tertiary/aromatic N) is 1. The summed E-state index contributed by atoms with van der Waals surface area (Å²) in [5.74, 6) is 0.302. The summed E-state index contributed by atoms with van der Waals surface area (Å²) in [6.45, 7) is 8.13. The molecule has 2 saturated heterocycles. The van der Waals surface area contributed by atoms with Crippen molar-refractivity contribution in [3.8, 4) is 0 Å². The minimum Gasteiger partial charge on any atom is -0.444 e. The van der Waals surface area contributed by atoms with E-state index >= 15 is 0 Å². The van der Waals surface area contributed by atoms with Crippen LogP contribution in [0.1, 0.15) is 33.6 Å². The van der Waals surface area contributed by atoms with Gasteiger partial charge in [0.1, 0.15) is 11.8 Å². The lowest BCUT2D eigenvalue weighted by Gasteiger charge is -2.36. The van der Waals surface area contributed by atoms with Crippen LogP contribution >= 0.6 is 0 Å². The third-order valence-corrected chi connectivity index (χ3v) is 3.90. The molecule has 4 nitrogen and oxygen atoms in total. The number of amides is 1. The van der Waals surface area contributed by atoms with Crippen molar-refractivity contribution in [2.24, 2.45) is 11.8 Å². The molecule has 0 aromatic heterocycles. The van der Waals surface area contributed by atoms with Gasteiger partial charge in [0.05, 0.1) is 0 Å². The normalized spacial score (nSPS) is 32.4. The average molecular weight is 272 g/mol. The highest BCUT2D eigenvalue weighted by molar-refractivity contribution is 5.68. The van der Waals surface area contributed by atoms with Crippen molar-refractivity contribution in [3.63, 3.8) is 0 Å². The van der Waals surface area contributed by atoms with Crippen LogP contribution in [0, 0.1) is 11.8 Å². The first-order valence-electron chi connectivity index (χ1n) is 7.19. The molecule has 2 aliphatic heterocycles. The van der Waals surface area contributed by atoms with E-state index in [-0.39, 0.29) is 17.9 Å². The minimum atomic E-state index is -0.774. The van der Waals surface area contributed by atoms with Crippen LogP contribution in [-0.4, -0.2) is 48.9 Å². The highest BCUT2D eigenvalue weighted by Gasteiger charge is 2.37. The number of rotatable bonds is 1. The molecule has 0 spiro atoms. The second-order valence-electron chi connectivity index (χ2n) is 6.67. The van der Waals surface area contributed by atoms with Gasteiger partial charge in [-0.05, 0) is 39.5 Å². The van der Waals surface area contributed by atoms with Crippen molar-refractivity contribution >= 4 is 6.09 Å². The van der Waals surface area contributed by atoms with E-state index in [9.17, 15) is 9.18 Å². The Morgan fingerprint density at radius 1 is 1.37 bits per heavy atom. The SMILES string of the molecule is CC(C)(C)OC(=O)N1CCCC(C2CNCC2F)C1. The molecule has 0 bridgehead atoms. The number of carbonyl (C=O) groups excluding carboxylic acids is 1. The minimum absolute atomic E-state index is 0.0465. The smallest absolute Gasteiger partial charge is 0.410 e. The molecule has 0 saturated carbocycles. The lowest BCUT2D eigenvalue weighted by atomic mass is 9.84. The number of halogens is 1. The van der Waals surface area contributed by atoms with Crippen LogP contribution in [0.5, 0.6) is 0 Å². The maximum Gasteiger partial charge on any atom is 0.410 e. The molecule has 19 heavy (non-hydrogen) atoms. The van der Waals surface area contributed by atoms with E-state index in [4.69, 9.17) is 4.74 Å². The maximum absolute atomic E-state index is 13.8. The number of carbonyl (C=O) groups is 1. The molecule has 2 aliphatic rings. The lowest BCUT2D eigenvalue weighted by Crippen LogP contribution is -2.45. The summed E-state index contributed by atoms with van der Waals surface area (Å²) in [6, 6.07) is 0. The summed E-state index contributed by atoms with van der Waals surface area (Å²) in [5.41, 5.74) is -0.471. The Morgan fingerprint density at radius 2 is 2.11 bits per heavy atom. The molecule has 3 unspecified atom stereocenters. The standard InChI is InChI=1S/C14H25FN2O2/c1-14(2,3)19-13(18)17-6-4-5-10(9-17)11-7-16-8-12(11)15/h10-12,16H,4-9H2,1-3H3. The van der Waals surface area contributed by atoms with Gasteiger partial charge in [-0.1, -0.05) is 0 Å². The predicted octanol–water partition coefficient (Wildman–Crippen LogP) is 2.19. The second-order valence-corrected chi connectivity index (χ2v) is 6.67. The fourth-order valence-corrected chi connectivity index (χ4v) is 2.98. The van der Waals surface area contributed by atoms with Gasteiger partial charge in [0.2, 0.25) is 0 Å². The van der Waals surface area contributed by atoms with Gasteiger partial charge in [-0.25, -0.2) is 9.18 Å². The van der Waals surface area contributed by atoms with Crippen LogP contribution in [0.25, 0.3) is 0 Å². The van der Waals surface area contributed by atoms with E-state index < -0.39 is 11.8 Å². The Morgan fingerprint density at radius 3 is 2.68 bits per heavy atom. The number of ether oxygens (including phenoxy) is 1.